The lowest BCUT2D eigenvalue weighted by molar-refractivity contribution is 0.0692. The molecule has 0 spiro atoms. The summed E-state index contributed by atoms with van der Waals surface area (Å²) in [5, 5.41) is 9.19. The van der Waals surface area contributed by atoms with Crippen molar-refractivity contribution in [3.05, 3.63) is 59.0 Å². The number of hydrogen-bond donors (Lipinski definition) is 1. The van der Waals surface area contributed by atoms with Crippen molar-refractivity contribution < 1.29 is 19.0 Å². The average Bonchev–Trinajstić information content (AvgIpc) is 3.12. The van der Waals surface area contributed by atoms with Gasteiger partial charge in [0.2, 0.25) is 5.88 Å². The molecular formula is C21H22FNO3. The molecule has 0 aliphatic heterocycles. The molecule has 0 unspecified atom stereocenters. The Morgan fingerprint density at radius 3 is 2.85 bits per heavy atom. The van der Waals surface area contributed by atoms with Crippen LogP contribution in [0.25, 0.3) is 11.1 Å². The third-order valence-electron chi connectivity index (χ3n) is 4.60. The van der Waals surface area contributed by atoms with Crippen molar-refractivity contribution in [2.75, 3.05) is 6.61 Å². The van der Waals surface area contributed by atoms with Crippen LogP contribution in [0.5, 0.6) is 5.88 Å². The van der Waals surface area contributed by atoms with Gasteiger partial charge in [-0.3, -0.25) is 0 Å². The molecule has 26 heavy (non-hydrogen) atoms. The molecule has 1 aromatic carbocycles. The van der Waals surface area contributed by atoms with Crippen LogP contribution >= 0.6 is 0 Å². The summed E-state index contributed by atoms with van der Waals surface area (Å²) in [6.07, 6.45) is 6.37. The number of rotatable bonds is 7. The summed E-state index contributed by atoms with van der Waals surface area (Å²) in [7, 11) is 0. The first-order valence-corrected chi connectivity index (χ1v) is 8.95. The molecule has 1 aliphatic rings. The molecule has 0 saturated heterocycles. The number of carboxylic acid groups (broad SMARTS) is 1. The second kappa shape index (κ2) is 8.13. The van der Waals surface area contributed by atoms with E-state index in [2.05, 4.69) is 11.9 Å². The second-order valence-electron chi connectivity index (χ2n) is 6.37. The number of aromatic carboxylic acids is 1. The van der Waals surface area contributed by atoms with Crippen LogP contribution in [0.3, 0.4) is 0 Å². The van der Waals surface area contributed by atoms with E-state index in [9.17, 15) is 14.3 Å². The molecule has 0 radical (unpaired) electrons. The highest BCUT2D eigenvalue weighted by molar-refractivity contribution is 5.96. The molecule has 0 fully saturated rings. The van der Waals surface area contributed by atoms with Gasteiger partial charge < -0.3 is 9.84 Å². The number of nitrogens with zero attached hydrogens (tertiary/aromatic N) is 1. The summed E-state index contributed by atoms with van der Waals surface area (Å²) in [5.41, 5.74) is 3.54. The van der Waals surface area contributed by atoms with E-state index in [1.807, 2.05) is 12.1 Å². The monoisotopic (exact) mass is 355 g/mol. The number of ether oxygens (including phenoxy) is 1. The van der Waals surface area contributed by atoms with Crippen LogP contribution in [-0.4, -0.2) is 22.7 Å². The summed E-state index contributed by atoms with van der Waals surface area (Å²) in [4.78, 5) is 15.6. The largest absolute Gasteiger partial charge is 0.478 e. The molecule has 5 heteroatoms. The normalized spacial score (nSPS) is 13.9. The average molecular weight is 355 g/mol. The number of benzene rings is 1. The van der Waals surface area contributed by atoms with Gasteiger partial charge in [-0.25, -0.2) is 14.2 Å². The van der Waals surface area contributed by atoms with Crippen molar-refractivity contribution in [3.8, 4) is 5.88 Å². The fraction of sp³-hybridized carbons (Fsp3) is 0.333. The van der Waals surface area contributed by atoms with E-state index in [1.54, 1.807) is 12.3 Å². The molecule has 1 aromatic heterocycles. The van der Waals surface area contributed by atoms with Crippen LogP contribution in [0.15, 0.2) is 36.5 Å². The Bertz CT molecular complexity index is 845. The maximum Gasteiger partial charge on any atom is 0.338 e. The Kier molecular flexibility index (Phi) is 5.66. The molecule has 0 bridgehead atoms. The van der Waals surface area contributed by atoms with E-state index in [4.69, 9.17) is 4.74 Å². The van der Waals surface area contributed by atoms with Crippen molar-refractivity contribution in [1.29, 1.82) is 0 Å². The predicted octanol–water partition coefficient (Wildman–Crippen LogP) is 5.19. The number of allylic oxidation sites excluding steroid dienone is 2. The Morgan fingerprint density at radius 1 is 1.27 bits per heavy atom. The molecule has 1 N–H and O–H groups in total. The topological polar surface area (TPSA) is 59.4 Å². The number of carboxylic acids is 1. The van der Waals surface area contributed by atoms with E-state index in [0.29, 0.717) is 12.5 Å². The minimum absolute atomic E-state index is 0.299. The van der Waals surface area contributed by atoms with Gasteiger partial charge in [-0.05, 0) is 66.7 Å². The fourth-order valence-corrected chi connectivity index (χ4v) is 3.29. The van der Waals surface area contributed by atoms with Gasteiger partial charge >= 0.3 is 5.97 Å². The highest BCUT2D eigenvalue weighted by Gasteiger charge is 2.22. The highest BCUT2D eigenvalue weighted by Crippen LogP contribution is 2.42. The van der Waals surface area contributed by atoms with Crippen LogP contribution in [0.2, 0.25) is 0 Å². The summed E-state index contributed by atoms with van der Waals surface area (Å²) >= 11 is 0. The van der Waals surface area contributed by atoms with E-state index < -0.39 is 11.8 Å². The maximum absolute atomic E-state index is 13.7. The molecule has 0 saturated carbocycles. The van der Waals surface area contributed by atoms with E-state index >= 15 is 0 Å². The predicted molar refractivity (Wildman–Crippen MR) is 98.7 cm³/mol. The first-order chi connectivity index (χ1) is 12.6. The van der Waals surface area contributed by atoms with E-state index in [-0.39, 0.29) is 5.56 Å². The molecular weight excluding hydrogens is 333 g/mol. The van der Waals surface area contributed by atoms with Gasteiger partial charge in [0.25, 0.3) is 0 Å². The van der Waals surface area contributed by atoms with Gasteiger partial charge in [-0.2, -0.15) is 0 Å². The van der Waals surface area contributed by atoms with Crippen LogP contribution in [0.1, 0.15) is 60.5 Å². The zero-order chi connectivity index (χ0) is 18.5. The molecule has 1 aliphatic carbocycles. The second-order valence-corrected chi connectivity index (χ2v) is 6.37. The standard InChI is InChI=1S/C21H22FNO3/c1-2-3-12-26-20-17(8-5-11-23-20)16-7-4-6-15(16)14-9-10-19(22)18(13-14)21(24)25/h5,8-11,13H,2-4,6-7,12H2,1H3,(H,24,25). The molecule has 1 heterocycles. The van der Waals surface area contributed by atoms with Crippen LogP contribution in [-0.2, 0) is 0 Å². The highest BCUT2D eigenvalue weighted by atomic mass is 19.1. The van der Waals surface area contributed by atoms with Gasteiger partial charge in [0.15, 0.2) is 0 Å². The van der Waals surface area contributed by atoms with Crippen molar-refractivity contribution in [3.63, 3.8) is 0 Å². The number of halogens is 1. The Labute approximate surface area is 152 Å². The van der Waals surface area contributed by atoms with Crippen molar-refractivity contribution in [1.82, 2.24) is 4.98 Å². The number of carbonyl (C=O) groups is 1. The number of hydrogen-bond acceptors (Lipinski definition) is 3. The zero-order valence-corrected chi connectivity index (χ0v) is 14.8. The molecule has 3 rings (SSSR count). The first kappa shape index (κ1) is 18.1. The number of pyridine rings is 1. The van der Waals surface area contributed by atoms with Crippen molar-refractivity contribution in [2.24, 2.45) is 0 Å². The smallest absolute Gasteiger partial charge is 0.338 e. The summed E-state index contributed by atoms with van der Waals surface area (Å²) in [6, 6.07) is 8.15. The molecule has 136 valence electrons. The maximum atomic E-state index is 13.7. The van der Waals surface area contributed by atoms with Gasteiger partial charge in [-0.15, -0.1) is 0 Å². The summed E-state index contributed by atoms with van der Waals surface area (Å²) < 4.78 is 19.6. The Morgan fingerprint density at radius 2 is 2.08 bits per heavy atom. The fourth-order valence-electron chi connectivity index (χ4n) is 3.29. The molecule has 0 amide bonds. The van der Waals surface area contributed by atoms with Gasteiger partial charge in [-0.1, -0.05) is 19.4 Å². The minimum atomic E-state index is -1.26. The van der Waals surface area contributed by atoms with Crippen molar-refractivity contribution in [2.45, 2.75) is 39.0 Å². The van der Waals surface area contributed by atoms with E-state index in [1.165, 1.54) is 12.1 Å². The third-order valence-corrected chi connectivity index (χ3v) is 4.60. The molecule has 2 aromatic rings. The molecule has 4 nitrogen and oxygen atoms in total. The lowest BCUT2D eigenvalue weighted by atomic mass is 9.96. The number of unbranched alkanes of at least 4 members (excludes halogenated alkanes) is 1. The Hall–Kier alpha value is -2.69. The number of aromatic nitrogens is 1. The first-order valence-electron chi connectivity index (χ1n) is 8.95. The zero-order valence-electron chi connectivity index (χ0n) is 14.8. The quantitative estimate of drug-likeness (QED) is 0.694. The van der Waals surface area contributed by atoms with E-state index in [0.717, 1.165) is 54.4 Å². The van der Waals surface area contributed by atoms with Gasteiger partial charge in [0, 0.05) is 11.8 Å². The van der Waals surface area contributed by atoms with Crippen LogP contribution in [0.4, 0.5) is 4.39 Å². The van der Waals surface area contributed by atoms with Crippen LogP contribution < -0.4 is 4.74 Å². The summed E-state index contributed by atoms with van der Waals surface area (Å²) in [5.74, 6) is -1.36. The Balaban J connectivity index is 2.02. The molecule has 0 atom stereocenters. The van der Waals surface area contributed by atoms with Crippen LogP contribution in [0, 0.1) is 5.82 Å². The summed E-state index contributed by atoms with van der Waals surface area (Å²) in [6.45, 7) is 2.72. The lowest BCUT2D eigenvalue weighted by Crippen LogP contribution is -2.03. The lowest BCUT2D eigenvalue weighted by Gasteiger charge is -2.13. The van der Waals surface area contributed by atoms with Gasteiger partial charge in [0.1, 0.15) is 5.82 Å². The SMILES string of the molecule is CCCCOc1ncccc1C1=C(c2ccc(F)c(C(=O)O)c2)CCC1. The third kappa shape index (κ3) is 3.77. The van der Waals surface area contributed by atoms with Gasteiger partial charge in [0.05, 0.1) is 12.2 Å². The van der Waals surface area contributed by atoms with Crippen molar-refractivity contribution >= 4 is 17.1 Å². The minimum Gasteiger partial charge on any atom is -0.478 e.